The van der Waals surface area contributed by atoms with Gasteiger partial charge in [-0.2, -0.15) is 0 Å². The number of aliphatic hydroxyl groups is 1. The molecule has 0 saturated carbocycles. The summed E-state index contributed by atoms with van der Waals surface area (Å²) < 4.78 is 0. The minimum Gasteiger partial charge on any atom is -0.392 e. The van der Waals surface area contributed by atoms with Crippen molar-refractivity contribution in [2.45, 2.75) is 45.3 Å². The highest BCUT2D eigenvalue weighted by Gasteiger charge is 2.16. The maximum absolute atomic E-state index is 11.5. The number of carbonyl (C=O) groups is 1. The molecule has 0 aromatic carbocycles. The Hall–Kier alpha value is -0.610. The average Bonchev–Trinajstić information content (AvgIpc) is 1.97. The Morgan fingerprint density at radius 2 is 2.07 bits per heavy atom. The molecule has 84 valence electrons. The van der Waals surface area contributed by atoms with Gasteiger partial charge in [-0.25, -0.2) is 0 Å². The van der Waals surface area contributed by atoms with Gasteiger partial charge < -0.3 is 15.7 Å². The van der Waals surface area contributed by atoms with Crippen LogP contribution < -0.4 is 5.73 Å². The number of likely N-dealkylation sites (N-methyl/N-ethyl adjacent to an activating group) is 1. The molecule has 0 aliphatic heterocycles. The van der Waals surface area contributed by atoms with Gasteiger partial charge in [0.15, 0.2) is 0 Å². The van der Waals surface area contributed by atoms with Crippen LogP contribution >= 0.6 is 0 Å². The lowest BCUT2D eigenvalue weighted by Crippen LogP contribution is -2.37. The molecule has 0 bridgehead atoms. The SMILES string of the molecule is CC(O)CN(C)C(=O)CCC(C)(C)N. The molecular formula is C10H22N2O2. The summed E-state index contributed by atoms with van der Waals surface area (Å²) in [5, 5.41) is 9.08. The van der Waals surface area contributed by atoms with E-state index in [1.165, 1.54) is 4.90 Å². The van der Waals surface area contributed by atoms with Gasteiger partial charge in [0.25, 0.3) is 0 Å². The summed E-state index contributed by atoms with van der Waals surface area (Å²) in [4.78, 5) is 13.0. The van der Waals surface area contributed by atoms with E-state index in [2.05, 4.69) is 0 Å². The zero-order chi connectivity index (χ0) is 11.4. The molecule has 0 aromatic rings. The van der Waals surface area contributed by atoms with Gasteiger partial charge in [-0.05, 0) is 27.2 Å². The molecule has 0 spiro atoms. The smallest absolute Gasteiger partial charge is 0.222 e. The van der Waals surface area contributed by atoms with Crippen molar-refractivity contribution in [1.29, 1.82) is 0 Å². The number of nitrogens with zero attached hydrogens (tertiary/aromatic N) is 1. The molecule has 0 fully saturated rings. The van der Waals surface area contributed by atoms with Crippen molar-refractivity contribution < 1.29 is 9.90 Å². The highest BCUT2D eigenvalue weighted by atomic mass is 16.3. The fraction of sp³-hybridized carbons (Fsp3) is 0.900. The van der Waals surface area contributed by atoms with E-state index < -0.39 is 6.10 Å². The largest absolute Gasteiger partial charge is 0.392 e. The Morgan fingerprint density at radius 1 is 1.57 bits per heavy atom. The second-order valence-electron chi connectivity index (χ2n) is 4.61. The molecular weight excluding hydrogens is 180 g/mol. The molecule has 1 unspecified atom stereocenters. The van der Waals surface area contributed by atoms with Crippen molar-refractivity contribution >= 4 is 5.91 Å². The number of hydrogen-bond donors (Lipinski definition) is 2. The molecule has 0 heterocycles. The predicted molar refractivity (Wildman–Crippen MR) is 56.8 cm³/mol. The van der Waals surface area contributed by atoms with Crippen molar-refractivity contribution in [2.75, 3.05) is 13.6 Å². The molecule has 0 saturated heterocycles. The molecule has 0 aromatic heterocycles. The van der Waals surface area contributed by atoms with E-state index in [4.69, 9.17) is 10.8 Å². The number of nitrogens with two attached hydrogens (primary N) is 1. The Bertz CT molecular complexity index is 185. The minimum atomic E-state index is -0.477. The molecule has 4 heteroatoms. The van der Waals surface area contributed by atoms with Crippen molar-refractivity contribution in [2.24, 2.45) is 5.73 Å². The van der Waals surface area contributed by atoms with Crippen LogP contribution in [0, 0.1) is 0 Å². The zero-order valence-corrected chi connectivity index (χ0v) is 9.58. The van der Waals surface area contributed by atoms with Gasteiger partial charge >= 0.3 is 0 Å². The molecule has 14 heavy (non-hydrogen) atoms. The highest BCUT2D eigenvalue weighted by Crippen LogP contribution is 2.08. The first-order valence-electron chi connectivity index (χ1n) is 4.93. The molecule has 3 N–H and O–H groups in total. The Labute approximate surface area is 86.1 Å². The zero-order valence-electron chi connectivity index (χ0n) is 9.58. The normalized spacial score (nSPS) is 13.9. The third kappa shape index (κ3) is 6.86. The fourth-order valence-electron chi connectivity index (χ4n) is 1.12. The summed E-state index contributed by atoms with van der Waals surface area (Å²) in [7, 11) is 1.69. The van der Waals surface area contributed by atoms with Crippen LogP contribution in [-0.2, 0) is 4.79 Å². The molecule has 0 radical (unpaired) electrons. The number of amides is 1. The molecule has 0 aliphatic carbocycles. The van der Waals surface area contributed by atoms with E-state index in [1.807, 2.05) is 13.8 Å². The van der Waals surface area contributed by atoms with Crippen LogP contribution in [0.4, 0.5) is 0 Å². The molecule has 0 rings (SSSR count). The molecule has 1 amide bonds. The third-order valence-corrected chi connectivity index (χ3v) is 1.95. The molecule has 0 aliphatic rings. The highest BCUT2D eigenvalue weighted by molar-refractivity contribution is 5.75. The van der Waals surface area contributed by atoms with E-state index in [0.717, 1.165) is 0 Å². The van der Waals surface area contributed by atoms with Gasteiger partial charge in [0.05, 0.1) is 6.10 Å². The number of rotatable bonds is 5. The van der Waals surface area contributed by atoms with E-state index >= 15 is 0 Å². The van der Waals surface area contributed by atoms with Crippen LogP contribution in [0.5, 0.6) is 0 Å². The lowest BCUT2D eigenvalue weighted by Gasteiger charge is -2.22. The first-order chi connectivity index (χ1) is 6.22. The van der Waals surface area contributed by atoms with Crippen LogP contribution in [0.3, 0.4) is 0 Å². The van der Waals surface area contributed by atoms with E-state index in [9.17, 15) is 4.79 Å². The van der Waals surface area contributed by atoms with E-state index in [-0.39, 0.29) is 11.4 Å². The monoisotopic (exact) mass is 202 g/mol. The Kier molecular flexibility index (Phi) is 5.08. The van der Waals surface area contributed by atoms with Crippen molar-refractivity contribution in [3.8, 4) is 0 Å². The van der Waals surface area contributed by atoms with Gasteiger partial charge in [0.2, 0.25) is 5.91 Å². The summed E-state index contributed by atoms with van der Waals surface area (Å²) in [6.07, 6.45) is 0.623. The van der Waals surface area contributed by atoms with E-state index in [1.54, 1.807) is 14.0 Å². The summed E-state index contributed by atoms with van der Waals surface area (Å²) in [6.45, 7) is 5.84. The third-order valence-electron chi connectivity index (χ3n) is 1.95. The van der Waals surface area contributed by atoms with Crippen molar-refractivity contribution in [1.82, 2.24) is 4.90 Å². The summed E-state index contributed by atoms with van der Waals surface area (Å²) in [6, 6.07) is 0. The predicted octanol–water partition coefficient (Wildman–Crippen LogP) is 0.343. The van der Waals surface area contributed by atoms with Crippen LogP contribution in [0.2, 0.25) is 0 Å². The average molecular weight is 202 g/mol. The van der Waals surface area contributed by atoms with Gasteiger partial charge in [0, 0.05) is 25.6 Å². The second-order valence-corrected chi connectivity index (χ2v) is 4.61. The standard InChI is InChI=1S/C10H22N2O2/c1-8(13)7-12(4)9(14)5-6-10(2,3)11/h8,13H,5-7,11H2,1-4H3. The second kappa shape index (κ2) is 5.32. The van der Waals surface area contributed by atoms with E-state index in [0.29, 0.717) is 19.4 Å². The Morgan fingerprint density at radius 3 is 2.43 bits per heavy atom. The van der Waals surface area contributed by atoms with Crippen LogP contribution in [-0.4, -0.2) is 41.1 Å². The summed E-state index contributed by atoms with van der Waals surface area (Å²) in [5.74, 6) is 0.0319. The number of aliphatic hydroxyl groups excluding tert-OH is 1. The Balaban J connectivity index is 3.85. The maximum Gasteiger partial charge on any atom is 0.222 e. The molecule has 1 atom stereocenters. The van der Waals surface area contributed by atoms with Gasteiger partial charge in [-0.1, -0.05) is 0 Å². The van der Waals surface area contributed by atoms with Crippen LogP contribution in [0.25, 0.3) is 0 Å². The van der Waals surface area contributed by atoms with Gasteiger partial charge in [0.1, 0.15) is 0 Å². The topological polar surface area (TPSA) is 66.6 Å². The minimum absolute atomic E-state index is 0.0319. The molecule has 4 nitrogen and oxygen atoms in total. The fourth-order valence-corrected chi connectivity index (χ4v) is 1.12. The quantitative estimate of drug-likeness (QED) is 0.675. The van der Waals surface area contributed by atoms with Crippen LogP contribution in [0.1, 0.15) is 33.6 Å². The summed E-state index contributed by atoms with van der Waals surface area (Å²) in [5.41, 5.74) is 5.46. The lowest BCUT2D eigenvalue weighted by molar-refractivity contribution is -0.131. The maximum atomic E-state index is 11.5. The first-order valence-corrected chi connectivity index (χ1v) is 4.93. The number of hydrogen-bond acceptors (Lipinski definition) is 3. The first kappa shape index (κ1) is 13.4. The van der Waals surface area contributed by atoms with Gasteiger partial charge in [-0.15, -0.1) is 0 Å². The number of carbonyl (C=O) groups excluding carboxylic acids is 1. The summed E-state index contributed by atoms with van der Waals surface area (Å²) >= 11 is 0. The van der Waals surface area contributed by atoms with Crippen LogP contribution in [0.15, 0.2) is 0 Å². The van der Waals surface area contributed by atoms with Gasteiger partial charge in [-0.3, -0.25) is 4.79 Å². The van der Waals surface area contributed by atoms with Crippen molar-refractivity contribution in [3.05, 3.63) is 0 Å². The van der Waals surface area contributed by atoms with Crippen molar-refractivity contribution in [3.63, 3.8) is 0 Å². The lowest BCUT2D eigenvalue weighted by atomic mass is 10.00.